The molecular weight excluding hydrogens is 322 g/mol. The standard InChI is InChI=1S/C14H18BrN3S/c1-3-11(16)6-10-4-5-14(13(15)7-10)19-12-8-17-18(2)9-12/h4-5,7-9,11H,3,6,16H2,1-2H3. The van der Waals surface area contributed by atoms with Gasteiger partial charge in [-0.25, -0.2) is 0 Å². The molecule has 2 rings (SSSR count). The number of nitrogens with zero attached hydrogens (tertiary/aromatic N) is 2. The Bertz CT molecular complexity index is 553. The molecule has 1 aromatic carbocycles. The van der Waals surface area contributed by atoms with E-state index in [2.05, 4.69) is 46.2 Å². The van der Waals surface area contributed by atoms with Crippen molar-refractivity contribution < 1.29 is 0 Å². The fourth-order valence-corrected chi connectivity index (χ4v) is 3.30. The summed E-state index contributed by atoms with van der Waals surface area (Å²) in [4.78, 5) is 2.34. The van der Waals surface area contributed by atoms with E-state index >= 15 is 0 Å². The lowest BCUT2D eigenvalue weighted by Crippen LogP contribution is -2.21. The first kappa shape index (κ1) is 14.6. The topological polar surface area (TPSA) is 43.8 Å². The average Bonchev–Trinajstić information content (AvgIpc) is 2.78. The highest BCUT2D eigenvalue weighted by molar-refractivity contribution is 9.10. The van der Waals surface area contributed by atoms with Crippen LogP contribution in [-0.2, 0) is 13.5 Å². The number of hydrogen-bond acceptors (Lipinski definition) is 3. The monoisotopic (exact) mass is 339 g/mol. The van der Waals surface area contributed by atoms with Gasteiger partial charge in [0.2, 0.25) is 0 Å². The maximum absolute atomic E-state index is 5.99. The highest BCUT2D eigenvalue weighted by Gasteiger charge is 2.07. The van der Waals surface area contributed by atoms with E-state index in [9.17, 15) is 0 Å². The molecule has 0 bridgehead atoms. The summed E-state index contributed by atoms with van der Waals surface area (Å²) < 4.78 is 2.92. The van der Waals surface area contributed by atoms with E-state index in [-0.39, 0.29) is 6.04 Å². The minimum absolute atomic E-state index is 0.240. The molecule has 1 atom stereocenters. The molecule has 5 heteroatoms. The second-order valence-electron chi connectivity index (χ2n) is 4.59. The maximum atomic E-state index is 5.99. The van der Waals surface area contributed by atoms with E-state index in [0.717, 1.165) is 22.2 Å². The molecule has 19 heavy (non-hydrogen) atoms. The van der Waals surface area contributed by atoms with Crippen LogP contribution in [0.3, 0.4) is 0 Å². The van der Waals surface area contributed by atoms with Crippen molar-refractivity contribution in [1.29, 1.82) is 0 Å². The molecule has 1 heterocycles. The van der Waals surface area contributed by atoms with E-state index in [1.807, 2.05) is 24.1 Å². The van der Waals surface area contributed by atoms with Gasteiger partial charge >= 0.3 is 0 Å². The Balaban J connectivity index is 2.10. The zero-order chi connectivity index (χ0) is 13.8. The van der Waals surface area contributed by atoms with E-state index in [0.29, 0.717) is 0 Å². The van der Waals surface area contributed by atoms with E-state index in [1.54, 1.807) is 11.8 Å². The van der Waals surface area contributed by atoms with Crippen LogP contribution in [0.5, 0.6) is 0 Å². The third-order valence-corrected chi connectivity index (χ3v) is 4.87. The molecule has 0 radical (unpaired) electrons. The van der Waals surface area contributed by atoms with E-state index in [1.165, 1.54) is 10.5 Å². The van der Waals surface area contributed by atoms with Crippen LogP contribution < -0.4 is 5.73 Å². The number of rotatable bonds is 5. The van der Waals surface area contributed by atoms with Gasteiger partial charge in [0.1, 0.15) is 0 Å². The molecule has 2 N–H and O–H groups in total. The minimum Gasteiger partial charge on any atom is -0.327 e. The summed E-state index contributed by atoms with van der Waals surface area (Å²) in [7, 11) is 1.92. The zero-order valence-corrected chi connectivity index (χ0v) is 13.5. The average molecular weight is 340 g/mol. The molecule has 0 fully saturated rings. The molecule has 1 unspecified atom stereocenters. The van der Waals surface area contributed by atoms with Gasteiger partial charge in [-0.05, 0) is 46.5 Å². The van der Waals surface area contributed by atoms with Crippen LogP contribution in [0.1, 0.15) is 18.9 Å². The van der Waals surface area contributed by atoms with Gasteiger partial charge in [-0.1, -0.05) is 24.8 Å². The second kappa shape index (κ2) is 6.59. The summed E-state index contributed by atoms with van der Waals surface area (Å²) in [6.45, 7) is 2.12. The van der Waals surface area contributed by atoms with Gasteiger partial charge in [0.15, 0.2) is 0 Å². The molecule has 2 aromatic rings. The lowest BCUT2D eigenvalue weighted by Gasteiger charge is -2.10. The Morgan fingerprint density at radius 1 is 1.47 bits per heavy atom. The lowest BCUT2D eigenvalue weighted by atomic mass is 10.1. The van der Waals surface area contributed by atoms with Crippen LogP contribution in [0, 0.1) is 0 Å². The molecule has 3 nitrogen and oxygen atoms in total. The van der Waals surface area contributed by atoms with Crippen molar-refractivity contribution in [3.8, 4) is 0 Å². The lowest BCUT2D eigenvalue weighted by molar-refractivity contribution is 0.646. The number of nitrogens with two attached hydrogens (primary N) is 1. The van der Waals surface area contributed by atoms with Crippen molar-refractivity contribution in [2.45, 2.75) is 35.6 Å². The highest BCUT2D eigenvalue weighted by atomic mass is 79.9. The van der Waals surface area contributed by atoms with Crippen molar-refractivity contribution in [3.05, 3.63) is 40.6 Å². The Morgan fingerprint density at radius 3 is 2.84 bits per heavy atom. The predicted octanol–water partition coefficient (Wildman–Crippen LogP) is 3.61. The van der Waals surface area contributed by atoms with Crippen LogP contribution in [0.25, 0.3) is 0 Å². The smallest absolute Gasteiger partial charge is 0.0629 e. The summed E-state index contributed by atoms with van der Waals surface area (Å²) in [5.41, 5.74) is 7.26. The van der Waals surface area contributed by atoms with Crippen molar-refractivity contribution in [1.82, 2.24) is 9.78 Å². The SMILES string of the molecule is CCC(N)Cc1ccc(Sc2cnn(C)c2)c(Br)c1. The van der Waals surface area contributed by atoms with Crippen molar-refractivity contribution in [2.75, 3.05) is 0 Å². The van der Waals surface area contributed by atoms with Crippen LogP contribution in [0.15, 0.2) is 44.9 Å². The minimum atomic E-state index is 0.240. The van der Waals surface area contributed by atoms with Gasteiger partial charge in [-0.3, -0.25) is 4.68 Å². The fraction of sp³-hybridized carbons (Fsp3) is 0.357. The van der Waals surface area contributed by atoms with Crippen LogP contribution in [0.2, 0.25) is 0 Å². The molecule has 0 saturated carbocycles. The Labute approximate surface area is 126 Å². The van der Waals surface area contributed by atoms with Gasteiger partial charge < -0.3 is 5.73 Å². The number of aromatic nitrogens is 2. The number of halogens is 1. The molecule has 0 spiro atoms. The summed E-state index contributed by atoms with van der Waals surface area (Å²) in [5.74, 6) is 0. The van der Waals surface area contributed by atoms with Crippen molar-refractivity contribution in [2.24, 2.45) is 12.8 Å². The summed E-state index contributed by atoms with van der Waals surface area (Å²) >= 11 is 5.34. The van der Waals surface area contributed by atoms with Gasteiger partial charge in [0, 0.05) is 28.7 Å². The number of hydrogen-bond donors (Lipinski definition) is 1. The number of benzene rings is 1. The normalized spacial score (nSPS) is 12.6. The highest BCUT2D eigenvalue weighted by Crippen LogP contribution is 2.33. The summed E-state index contributed by atoms with van der Waals surface area (Å²) in [6.07, 6.45) is 5.81. The molecule has 0 aliphatic carbocycles. The van der Waals surface area contributed by atoms with Crippen molar-refractivity contribution in [3.63, 3.8) is 0 Å². The largest absolute Gasteiger partial charge is 0.327 e. The van der Waals surface area contributed by atoms with Gasteiger partial charge in [-0.15, -0.1) is 0 Å². The fourth-order valence-electron chi connectivity index (χ4n) is 1.78. The molecule has 102 valence electrons. The van der Waals surface area contributed by atoms with E-state index < -0.39 is 0 Å². The third kappa shape index (κ3) is 4.09. The molecule has 0 aliphatic heterocycles. The van der Waals surface area contributed by atoms with Crippen LogP contribution in [-0.4, -0.2) is 15.8 Å². The second-order valence-corrected chi connectivity index (χ2v) is 6.56. The first-order valence-corrected chi connectivity index (χ1v) is 7.90. The molecule has 0 amide bonds. The zero-order valence-electron chi connectivity index (χ0n) is 11.1. The Morgan fingerprint density at radius 2 is 2.26 bits per heavy atom. The Kier molecular flexibility index (Phi) is 5.07. The number of aryl methyl sites for hydroxylation is 1. The van der Waals surface area contributed by atoms with Crippen LogP contribution >= 0.6 is 27.7 Å². The first-order chi connectivity index (χ1) is 9.08. The third-order valence-electron chi connectivity index (χ3n) is 2.93. The van der Waals surface area contributed by atoms with Gasteiger partial charge in [-0.2, -0.15) is 5.10 Å². The van der Waals surface area contributed by atoms with Gasteiger partial charge in [0.25, 0.3) is 0 Å². The van der Waals surface area contributed by atoms with Crippen LogP contribution in [0.4, 0.5) is 0 Å². The Hall–Kier alpha value is -0.780. The summed E-state index contributed by atoms with van der Waals surface area (Å²) in [6, 6.07) is 6.69. The molecule has 0 aliphatic rings. The molecular formula is C14H18BrN3S. The van der Waals surface area contributed by atoms with Crippen molar-refractivity contribution >= 4 is 27.7 Å². The predicted molar refractivity (Wildman–Crippen MR) is 83.4 cm³/mol. The first-order valence-electron chi connectivity index (χ1n) is 6.29. The molecule has 1 aromatic heterocycles. The quantitative estimate of drug-likeness (QED) is 0.904. The van der Waals surface area contributed by atoms with E-state index in [4.69, 9.17) is 5.73 Å². The molecule has 0 saturated heterocycles. The maximum Gasteiger partial charge on any atom is 0.0629 e. The van der Waals surface area contributed by atoms with Gasteiger partial charge in [0.05, 0.1) is 11.1 Å². The summed E-state index contributed by atoms with van der Waals surface area (Å²) in [5, 5.41) is 4.17.